The average Bonchev–Trinajstić information content (AvgIpc) is 3.14. The third-order valence-corrected chi connectivity index (χ3v) is 4.48. The molecule has 0 radical (unpaired) electrons. The first-order valence-corrected chi connectivity index (χ1v) is 7.99. The molecule has 1 amide bonds. The Balaban J connectivity index is 1.70. The van der Waals surface area contributed by atoms with Crippen molar-refractivity contribution < 1.29 is 4.79 Å². The maximum Gasteiger partial charge on any atom is 0.275 e. The van der Waals surface area contributed by atoms with Crippen molar-refractivity contribution >= 4 is 45.4 Å². The second-order valence-electron chi connectivity index (χ2n) is 4.86. The number of amides is 1. The molecule has 1 aliphatic heterocycles. The van der Waals surface area contributed by atoms with E-state index in [2.05, 4.69) is 20.5 Å². The van der Waals surface area contributed by atoms with Crippen molar-refractivity contribution in [1.82, 2.24) is 10.2 Å². The Morgan fingerprint density at radius 3 is 2.65 bits per heavy atom. The minimum atomic E-state index is -0.227. The lowest BCUT2D eigenvalue weighted by atomic mass is 10.1. The zero-order valence-corrected chi connectivity index (χ0v) is 13.2. The highest BCUT2D eigenvalue weighted by atomic mass is 35.5. The molecule has 2 aromatic carbocycles. The van der Waals surface area contributed by atoms with Gasteiger partial charge in [-0.15, -0.1) is 10.2 Å². The van der Waals surface area contributed by atoms with Gasteiger partial charge in [0, 0.05) is 16.1 Å². The Labute approximate surface area is 140 Å². The van der Waals surface area contributed by atoms with E-state index in [4.69, 9.17) is 11.6 Å². The smallest absolute Gasteiger partial charge is 0.275 e. The number of hydrogen-bond acceptors (Lipinski definition) is 5. The molecule has 0 atom stereocenters. The summed E-state index contributed by atoms with van der Waals surface area (Å²) in [5, 5.41) is 12.8. The number of nitrogens with one attached hydrogen (secondary N) is 1. The van der Waals surface area contributed by atoms with Crippen LogP contribution in [0.1, 0.15) is 5.56 Å². The fourth-order valence-corrected chi connectivity index (χ4v) is 3.13. The van der Waals surface area contributed by atoms with Gasteiger partial charge in [0.25, 0.3) is 5.91 Å². The van der Waals surface area contributed by atoms with Crippen LogP contribution in [0.2, 0.25) is 5.02 Å². The number of aromatic nitrogens is 2. The highest BCUT2D eigenvalue weighted by Gasteiger charge is 2.25. The fourth-order valence-electron chi connectivity index (χ4n) is 2.28. The Kier molecular flexibility index (Phi) is 3.40. The molecule has 3 aromatic rings. The van der Waals surface area contributed by atoms with Gasteiger partial charge in [0.05, 0.1) is 5.69 Å². The lowest BCUT2D eigenvalue weighted by molar-refractivity contribution is -0.110. The maximum absolute atomic E-state index is 12.0. The summed E-state index contributed by atoms with van der Waals surface area (Å²) in [6.07, 6.45) is 0. The number of halogens is 1. The van der Waals surface area contributed by atoms with Crippen LogP contribution in [0.15, 0.2) is 53.5 Å². The number of nitrogens with zero attached hydrogens (tertiary/aromatic N) is 3. The lowest BCUT2D eigenvalue weighted by Crippen LogP contribution is -2.13. The van der Waals surface area contributed by atoms with Gasteiger partial charge in [0.2, 0.25) is 5.13 Å². The van der Waals surface area contributed by atoms with Crippen LogP contribution in [0.4, 0.5) is 10.8 Å². The summed E-state index contributed by atoms with van der Waals surface area (Å²) in [5.41, 5.74) is 2.81. The number of para-hydroxylation sites is 1. The van der Waals surface area contributed by atoms with Gasteiger partial charge >= 0.3 is 0 Å². The zero-order chi connectivity index (χ0) is 15.8. The van der Waals surface area contributed by atoms with Crippen LogP contribution >= 0.6 is 22.9 Å². The highest BCUT2D eigenvalue weighted by Crippen LogP contribution is 2.31. The number of rotatable bonds is 2. The predicted molar refractivity (Wildman–Crippen MR) is 91.6 cm³/mol. The molecule has 112 valence electrons. The first-order chi connectivity index (χ1) is 11.2. The van der Waals surface area contributed by atoms with E-state index in [0.29, 0.717) is 15.9 Å². The minimum absolute atomic E-state index is 0.227. The van der Waals surface area contributed by atoms with Crippen LogP contribution in [0.5, 0.6) is 0 Å². The Bertz CT molecular complexity index is 933. The number of benzene rings is 2. The SMILES string of the molecule is O=C1Nc2ccccc2C1=Nc1nnc(-c2ccc(Cl)cc2)s1. The first kappa shape index (κ1) is 14.0. The lowest BCUT2D eigenvalue weighted by Gasteiger charge is -1.94. The molecule has 23 heavy (non-hydrogen) atoms. The molecule has 0 aliphatic carbocycles. The number of carbonyl (C=O) groups excluding carboxylic acids is 1. The summed E-state index contributed by atoms with van der Waals surface area (Å²) in [7, 11) is 0. The van der Waals surface area contributed by atoms with E-state index >= 15 is 0 Å². The fraction of sp³-hybridized carbons (Fsp3) is 0. The van der Waals surface area contributed by atoms with Crippen molar-refractivity contribution in [1.29, 1.82) is 0 Å². The van der Waals surface area contributed by atoms with Crippen LogP contribution < -0.4 is 5.32 Å². The van der Waals surface area contributed by atoms with Crippen molar-refractivity contribution in [3.05, 3.63) is 59.1 Å². The number of carbonyl (C=O) groups is 1. The van der Waals surface area contributed by atoms with E-state index in [9.17, 15) is 4.79 Å². The monoisotopic (exact) mass is 340 g/mol. The second-order valence-corrected chi connectivity index (χ2v) is 6.25. The molecule has 7 heteroatoms. The normalized spacial score (nSPS) is 14.8. The third kappa shape index (κ3) is 2.62. The number of anilines is 1. The van der Waals surface area contributed by atoms with E-state index in [1.807, 2.05) is 36.4 Å². The van der Waals surface area contributed by atoms with Crippen LogP contribution in [0, 0.1) is 0 Å². The topological polar surface area (TPSA) is 67.2 Å². The second kappa shape index (κ2) is 5.57. The van der Waals surface area contributed by atoms with E-state index in [1.54, 1.807) is 12.1 Å². The van der Waals surface area contributed by atoms with Crippen LogP contribution in [0.3, 0.4) is 0 Å². The predicted octanol–water partition coefficient (Wildman–Crippen LogP) is 3.93. The van der Waals surface area contributed by atoms with Gasteiger partial charge in [0.15, 0.2) is 0 Å². The van der Waals surface area contributed by atoms with Crippen molar-refractivity contribution in [3.63, 3.8) is 0 Å². The number of fused-ring (bicyclic) bond motifs is 1. The molecule has 0 saturated carbocycles. The van der Waals surface area contributed by atoms with Gasteiger partial charge in [-0.05, 0) is 18.2 Å². The summed E-state index contributed by atoms with van der Waals surface area (Å²) in [5.74, 6) is -0.227. The third-order valence-electron chi connectivity index (χ3n) is 3.36. The van der Waals surface area contributed by atoms with Crippen molar-refractivity contribution in [3.8, 4) is 10.6 Å². The molecule has 0 saturated heterocycles. The molecular formula is C16H9ClN4OS. The average molecular weight is 341 g/mol. The Morgan fingerprint density at radius 2 is 1.83 bits per heavy atom. The molecular weight excluding hydrogens is 332 g/mol. The maximum atomic E-state index is 12.0. The van der Waals surface area contributed by atoms with E-state index in [0.717, 1.165) is 21.8 Å². The molecule has 0 spiro atoms. The number of aliphatic imine (C=N–C) groups is 1. The van der Waals surface area contributed by atoms with Gasteiger partial charge in [-0.25, -0.2) is 4.99 Å². The van der Waals surface area contributed by atoms with Crippen molar-refractivity contribution in [2.75, 3.05) is 5.32 Å². The van der Waals surface area contributed by atoms with Gasteiger partial charge in [0.1, 0.15) is 10.7 Å². The quantitative estimate of drug-likeness (QED) is 0.768. The standard InChI is InChI=1S/C16H9ClN4OS/c17-10-7-5-9(6-8-10)15-20-21-16(23-15)19-13-11-3-1-2-4-12(11)18-14(13)22/h1-8H,(H,18,19,21,22). The molecule has 4 rings (SSSR count). The van der Waals surface area contributed by atoms with E-state index in [1.165, 1.54) is 11.3 Å². The summed E-state index contributed by atoms with van der Waals surface area (Å²) < 4.78 is 0. The van der Waals surface area contributed by atoms with Crippen molar-refractivity contribution in [2.24, 2.45) is 4.99 Å². The molecule has 0 bridgehead atoms. The molecule has 1 aromatic heterocycles. The minimum Gasteiger partial charge on any atom is -0.320 e. The molecule has 1 aliphatic rings. The van der Waals surface area contributed by atoms with Gasteiger partial charge in [-0.1, -0.05) is 53.3 Å². The molecule has 0 unspecified atom stereocenters. The van der Waals surface area contributed by atoms with Crippen molar-refractivity contribution in [2.45, 2.75) is 0 Å². The molecule has 5 nitrogen and oxygen atoms in total. The first-order valence-electron chi connectivity index (χ1n) is 6.79. The number of hydrogen-bond donors (Lipinski definition) is 1. The zero-order valence-electron chi connectivity index (χ0n) is 11.7. The Morgan fingerprint density at radius 1 is 1.04 bits per heavy atom. The van der Waals surface area contributed by atoms with Crippen LogP contribution in [0.25, 0.3) is 10.6 Å². The summed E-state index contributed by atoms with van der Waals surface area (Å²) in [4.78, 5) is 16.4. The largest absolute Gasteiger partial charge is 0.320 e. The molecule has 2 heterocycles. The van der Waals surface area contributed by atoms with Gasteiger partial charge in [-0.3, -0.25) is 4.79 Å². The van der Waals surface area contributed by atoms with Crippen LogP contribution in [-0.4, -0.2) is 21.8 Å². The van der Waals surface area contributed by atoms with E-state index in [-0.39, 0.29) is 5.91 Å². The Hall–Kier alpha value is -2.57. The van der Waals surface area contributed by atoms with Gasteiger partial charge in [-0.2, -0.15) is 0 Å². The van der Waals surface area contributed by atoms with Gasteiger partial charge < -0.3 is 5.32 Å². The van der Waals surface area contributed by atoms with Crippen LogP contribution in [-0.2, 0) is 4.79 Å². The summed E-state index contributed by atoms with van der Waals surface area (Å²) in [6.45, 7) is 0. The summed E-state index contributed by atoms with van der Waals surface area (Å²) in [6, 6.07) is 14.8. The molecule has 0 fully saturated rings. The highest BCUT2D eigenvalue weighted by molar-refractivity contribution is 7.18. The molecule has 1 N–H and O–H groups in total. The summed E-state index contributed by atoms with van der Waals surface area (Å²) >= 11 is 7.21. The van der Waals surface area contributed by atoms with E-state index < -0.39 is 0 Å².